The molecule has 0 unspecified atom stereocenters. The van der Waals surface area contributed by atoms with Crippen molar-refractivity contribution in [2.24, 2.45) is 0 Å². The summed E-state index contributed by atoms with van der Waals surface area (Å²) in [5.74, 6) is 1.39. The lowest BCUT2D eigenvalue weighted by atomic mass is 10.2. The van der Waals surface area contributed by atoms with Gasteiger partial charge in [-0.25, -0.2) is 14.4 Å². The number of rotatable bonds is 5. The molecule has 0 atom stereocenters. The molecule has 8 heteroatoms. The second-order valence-electron chi connectivity index (χ2n) is 7.56. The van der Waals surface area contributed by atoms with Gasteiger partial charge in [-0.2, -0.15) is 0 Å². The predicted molar refractivity (Wildman–Crippen MR) is 120 cm³/mol. The average Bonchev–Trinajstić information content (AvgIpc) is 3.19. The van der Waals surface area contributed by atoms with Crippen molar-refractivity contribution in [3.8, 4) is 17.1 Å². The van der Waals surface area contributed by atoms with Gasteiger partial charge in [0, 0.05) is 44.5 Å². The minimum Gasteiger partial charge on any atom is -0.354 e. The minimum atomic E-state index is -0.272. The van der Waals surface area contributed by atoms with Gasteiger partial charge in [0.05, 0.1) is 11.4 Å². The Morgan fingerprint density at radius 3 is 2.61 bits per heavy atom. The molecule has 158 valence electrons. The fourth-order valence-electron chi connectivity index (χ4n) is 3.94. The summed E-state index contributed by atoms with van der Waals surface area (Å²) in [7, 11) is 1.90. The normalized spacial score (nSPS) is 14.3. The number of imidazole rings is 1. The second kappa shape index (κ2) is 8.41. The number of nitrogens with one attached hydrogen (secondary N) is 2. The maximum Gasteiger partial charge on any atom is 0.167 e. The molecular formula is C23H24FN7. The number of piperazine rings is 1. The molecule has 4 aromatic rings. The Morgan fingerprint density at radius 1 is 1.03 bits per heavy atom. The van der Waals surface area contributed by atoms with E-state index in [2.05, 4.69) is 20.5 Å². The number of anilines is 1. The van der Waals surface area contributed by atoms with Crippen LogP contribution >= 0.6 is 0 Å². The van der Waals surface area contributed by atoms with Crippen LogP contribution in [0, 0.1) is 5.82 Å². The number of benzene rings is 1. The van der Waals surface area contributed by atoms with Crippen molar-refractivity contribution in [1.29, 1.82) is 0 Å². The average molecular weight is 417 g/mol. The SMILES string of the molecule is CNCc1cc(-n2c(-c3ccc(F)cc3)nc3ccc(N4CCNCC4)nc32)ccn1. The van der Waals surface area contributed by atoms with Crippen molar-refractivity contribution in [2.75, 3.05) is 38.1 Å². The molecule has 1 saturated heterocycles. The summed E-state index contributed by atoms with van der Waals surface area (Å²) >= 11 is 0. The van der Waals surface area contributed by atoms with Gasteiger partial charge in [0.1, 0.15) is 23.0 Å². The molecule has 5 rings (SSSR count). The standard InChI is InChI=1S/C23H24FN7/c1-25-15-18-14-19(8-9-27-18)31-22(16-2-4-17(24)5-3-16)28-20-6-7-21(29-23(20)31)30-12-10-26-11-13-30/h2-9,14,25-26H,10-13,15H2,1H3. The van der Waals surface area contributed by atoms with Crippen LogP contribution in [0.5, 0.6) is 0 Å². The Hall–Kier alpha value is -3.36. The summed E-state index contributed by atoms with van der Waals surface area (Å²) < 4.78 is 15.6. The molecule has 1 aliphatic rings. The third kappa shape index (κ3) is 3.87. The monoisotopic (exact) mass is 417 g/mol. The fraction of sp³-hybridized carbons (Fsp3) is 0.261. The highest BCUT2D eigenvalue weighted by molar-refractivity contribution is 5.81. The van der Waals surface area contributed by atoms with E-state index in [1.807, 2.05) is 35.9 Å². The molecule has 2 N–H and O–H groups in total. The lowest BCUT2D eigenvalue weighted by Crippen LogP contribution is -2.43. The summed E-state index contributed by atoms with van der Waals surface area (Å²) in [5, 5.41) is 6.52. The Balaban J connectivity index is 1.70. The number of fused-ring (bicyclic) bond motifs is 1. The van der Waals surface area contributed by atoms with Gasteiger partial charge in [-0.1, -0.05) is 0 Å². The van der Waals surface area contributed by atoms with Crippen LogP contribution in [0.1, 0.15) is 5.69 Å². The number of hydrogen-bond donors (Lipinski definition) is 2. The van der Waals surface area contributed by atoms with Crippen molar-refractivity contribution >= 4 is 17.0 Å². The van der Waals surface area contributed by atoms with Crippen LogP contribution in [0.15, 0.2) is 54.7 Å². The van der Waals surface area contributed by atoms with Crippen LogP contribution in [-0.4, -0.2) is 52.7 Å². The maximum absolute atomic E-state index is 13.6. The lowest BCUT2D eigenvalue weighted by Gasteiger charge is -2.28. The van der Waals surface area contributed by atoms with Crippen LogP contribution in [0.2, 0.25) is 0 Å². The van der Waals surface area contributed by atoms with Gasteiger partial charge in [-0.3, -0.25) is 9.55 Å². The van der Waals surface area contributed by atoms with E-state index >= 15 is 0 Å². The first-order valence-corrected chi connectivity index (χ1v) is 10.4. The summed E-state index contributed by atoms with van der Waals surface area (Å²) in [6.07, 6.45) is 1.79. The Bertz CT molecular complexity index is 1200. The molecule has 3 aromatic heterocycles. The third-order valence-electron chi connectivity index (χ3n) is 5.45. The highest BCUT2D eigenvalue weighted by Crippen LogP contribution is 2.29. The van der Waals surface area contributed by atoms with Gasteiger partial charge < -0.3 is 15.5 Å². The van der Waals surface area contributed by atoms with Crippen LogP contribution in [-0.2, 0) is 6.54 Å². The molecule has 7 nitrogen and oxygen atoms in total. The Kier molecular flexibility index (Phi) is 5.31. The van der Waals surface area contributed by atoms with Gasteiger partial charge in [0.2, 0.25) is 0 Å². The van der Waals surface area contributed by atoms with Crippen molar-refractivity contribution in [1.82, 2.24) is 30.2 Å². The summed E-state index contributed by atoms with van der Waals surface area (Å²) in [4.78, 5) is 16.6. The van der Waals surface area contributed by atoms with E-state index in [1.165, 1.54) is 12.1 Å². The number of halogens is 1. The molecule has 0 aliphatic carbocycles. The number of pyridine rings is 2. The molecular weight excluding hydrogens is 393 g/mol. The molecule has 0 radical (unpaired) electrons. The van der Waals surface area contributed by atoms with Gasteiger partial charge in [-0.05, 0) is 55.6 Å². The zero-order valence-corrected chi connectivity index (χ0v) is 17.3. The van der Waals surface area contributed by atoms with E-state index < -0.39 is 0 Å². The van der Waals surface area contributed by atoms with E-state index in [1.54, 1.807) is 18.3 Å². The van der Waals surface area contributed by atoms with Crippen LogP contribution in [0.3, 0.4) is 0 Å². The fourth-order valence-corrected chi connectivity index (χ4v) is 3.94. The van der Waals surface area contributed by atoms with Crippen LogP contribution in [0.4, 0.5) is 10.2 Å². The number of hydrogen-bond acceptors (Lipinski definition) is 6. The molecule has 0 spiro atoms. The first-order chi connectivity index (χ1) is 15.2. The Morgan fingerprint density at radius 2 is 1.84 bits per heavy atom. The molecule has 1 aromatic carbocycles. The smallest absolute Gasteiger partial charge is 0.167 e. The first-order valence-electron chi connectivity index (χ1n) is 10.4. The third-order valence-corrected chi connectivity index (χ3v) is 5.45. The summed E-state index contributed by atoms with van der Waals surface area (Å²) in [6.45, 7) is 4.37. The quantitative estimate of drug-likeness (QED) is 0.520. The largest absolute Gasteiger partial charge is 0.354 e. The number of aromatic nitrogens is 4. The highest BCUT2D eigenvalue weighted by atomic mass is 19.1. The van der Waals surface area contributed by atoms with Gasteiger partial charge in [0.15, 0.2) is 5.65 Å². The topological polar surface area (TPSA) is 70.9 Å². The minimum absolute atomic E-state index is 0.272. The van der Waals surface area contributed by atoms with Gasteiger partial charge in [-0.15, -0.1) is 0 Å². The summed E-state index contributed by atoms with van der Waals surface area (Å²) in [5.41, 5.74) is 4.24. The highest BCUT2D eigenvalue weighted by Gasteiger charge is 2.19. The van der Waals surface area contributed by atoms with E-state index in [9.17, 15) is 4.39 Å². The zero-order valence-electron chi connectivity index (χ0n) is 17.3. The van der Waals surface area contributed by atoms with Gasteiger partial charge in [0.25, 0.3) is 0 Å². The van der Waals surface area contributed by atoms with E-state index in [-0.39, 0.29) is 5.82 Å². The van der Waals surface area contributed by atoms with Crippen molar-refractivity contribution in [3.05, 3.63) is 66.2 Å². The van der Waals surface area contributed by atoms with Crippen molar-refractivity contribution in [2.45, 2.75) is 6.54 Å². The zero-order chi connectivity index (χ0) is 21.2. The first kappa shape index (κ1) is 19.6. The Labute approximate surface area is 180 Å². The van der Waals surface area contributed by atoms with Crippen LogP contribution in [0.25, 0.3) is 28.2 Å². The molecule has 0 bridgehead atoms. The van der Waals surface area contributed by atoms with E-state index in [4.69, 9.17) is 9.97 Å². The summed E-state index contributed by atoms with van der Waals surface area (Å²) in [6, 6.07) is 14.4. The van der Waals surface area contributed by atoms with Crippen molar-refractivity contribution < 1.29 is 4.39 Å². The van der Waals surface area contributed by atoms with Gasteiger partial charge >= 0.3 is 0 Å². The molecule has 0 saturated carbocycles. The maximum atomic E-state index is 13.6. The predicted octanol–water partition coefficient (Wildman–Crippen LogP) is 2.75. The van der Waals surface area contributed by atoms with Crippen molar-refractivity contribution in [3.63, 3.8) is 0 Å². The molecule has 4 heterocycles. The number of nitrogens with zero attached hydrogens (tertiary/aromatic N) is 5. The second-order valence-corrected chi connectivity index (χ2v) is 7.56. The molecule has 0 amide bonds. The van der Waals surface area contributed by atoms with E-state index in [0.29, 0.717) is 6.54 Å². The lowest BCUT2D eigenvalue weighted by molar-refractivity contribution is 0.585. The van der Waals surface area contributed by atoms with E-state index in [0.717, 1.165) is 65.9 Å². The molecule has 1 aliphatic heterocycles. The molecule has 1 fully saturated rings. The van der Waals surface area contributed by atoms with Crippen LogP contribution < -0.4 is 15.5 Å². The molecule has 31 heavy (non-hydrogen) atoms.